The average molecular weight is 650 g/mol. The van der Waals surface area contributed by atoms with Gasteiger partial charge >= 0.3 is 0 Å². The highest BCUT2D eigenvalue weighted by Gasteiger charge is 2.23. The summed E-state index contributed by atoms with van der Waals surface area (Å²) in [7, 11) is 28.2. The van der Waals surface area contributed by atoms with Crippen molar-refractivity contribution in [2.45, 2.75) is 0 Å². The quantitative estimate of drug-likeness (QED) is 0.136. The zero-order valence-corrected chi connectivity index (χ0v) is 28.2. The molecule has 1 heterocycles. The lowest BCUT2D eigenvalue weighted by Gasteiger charge is -2.28. The van der Waals surface area contributed by atoms with Crippen LogP contribution in [-0.4, -0.2) is 36.0 Å². The fourth-order valence-corrected chi connectivity index (χ4v) is 8.29. The first-order valence-corrected chi connectivity index (χ1v) is 17.4. The summed E-state index contributed by atoms with van der Waals surface area (Å²) in [4.78, 5) is 2.32. The van der Waals surface area contributed by atoms with Gasteiger partial charge in [0.15, 0.2) is 0 Å². The molecule has 6 heteroatoms. The number of aromatic nitrogens is 1. The van der Waals surface area contributed by atoms with Gasteiger partial charge < -0.3 is 9.47 Å². The number of hydrogen-bond donors (Lipinski definition) is 0. The van der Waals surface area contributed by atoms with Crippen LogP contribution in [0.5, 0.6) is 0 Å². The number of nitrogens with zero attached hydrogens (tertiary/aromatic N) is 2. The Morgan fingerprint density at radius 3 is 1.42 bits per heavy atom. The van der Waals surface area contributed by atoms with Crippen LogP contribution in [0.3, 0.4) is 0 Å². The first-order chi connectivity index (χ1) is 25.5. The molecule has 0 atom stereocenters. The minimum Gasteiger partial charge on any atom is -0.310 e. The van der Waals surface area contributed by atoms with Crippen molar-refractivity contribution < 1.29 is 0 Å². The highest BCUT2D eigenvalue weighted by Crippen LogP contribution is 2.45. The van der Waals surface area contributed by atoms with Gasteiger partial charge in [0, 0.05) is 33.2 Å². The van der Waals surface area contributed by atoms with Crippen molar-refractivity contribution in [2.24, 2.45) is 0 Å². The second-order valence-corrected chi connectivity index (χ2v) is 13.4. The van der Waals surface area contributed by atoms with Gasteiger partial charge in [-0.05, 0) is 80.5 Å². The summed E-state index contributed by atoms with van der Waals surface area (Å²) in [6.07, 6.45) is 0. The zero-order chi connectivity index (χ0) is 35.1. The third-order valence-corrected chi connectivity index (χ3v) is 10.6. The molecule has 8 radical (unpaired) electrons. The van der Waals surface area contributed by atoms with Gasteiger partial charge in [-0.1, -0.05) is 137 Å². The Hall–Kier alpha value is -6.12. The third kappa shape index (κ3) is 4.37. The second-order valence-electron chi connectivity index (χ2n) is 13.4. The van der Waals surface area contributed by atoms with Crippen LogP contribution in [0, 0.1) is 0 Å². The smallest absolute Gasteiger partial charge is 0.115 e. The van der Waals surface area contributed by atoms with E-state index in [2.05, 4.69) is 131 Å². The molecule has 52 heavy (non-hydrogen) atoms. The van der Waals surface area contributed by atoms with Crippen molar-refractivity contribution in [1.29, 1.82) is 0 Å². The van der Waals surface area contributed by atoms with Crippen LogP contribution in [0.2, 0.25) is 0 Å². The summed E-state index contributed by atoms with van der Waals surface area (Å²) >= 11 is 0. The van der Waals surface area contributed by atoms with E-state index in [1.165, 1.54) is 5.39 Å². The van der Waals surface area contributed by atoms with Crippen LogP contribution in [0.15, 0.2) is 158 Å². The molecule has 0 aliphatic carbocycles. The van der Waals surface area contributed by atoms with Crippen molar-refractivity contribution in [1.82, 2.24) is 4.57 Å². The summed E-state index contributed by atoms with van der Waals surface area (Å²) in [5.74, 6) is 0. The minimum absolute atomic E-state index is 0.391. The fourth-order valence-electron chi connectivity index (χ4n) is 8.29. The molecule has 0 saturated carbocycles. The van der Waals surface area contributed by atoms with Gasteiger partial charge in [0.2, 0.25) is 0 Å². The number of rotatable bonds is 5. The Balaban J connectivity index is 1.23. The van der Waals surface area contributed by atoms with Crippen LogP contribution in [-0.2, 0) is 0 Å². The molecule has 0 N–H and O–H groups in total. The van der Waals surface area contributed by atoms with Crippen molar-refractivity contribution in [3.05, 3.63) is 158 Å². The van der Waals surface area contributed by atoms with E-state index in [1.807, 2.05) is 36.4 Å². The lowest BCUT2D eigenvalue weighted by atomic mass is 9.64. The second kappa shape index (κ2) is 11.7. The van der Waals surface area contributed by atoms with Crippen LogP contribution in [0.25, 0.3) is 70.9 Å². The van der Waals surface area contributed by atoms with Crippen molar-refractivity contribution >= 4 is 124 Å². The van der Waals surface area contributed by atoms with E-state index in [0.29, 0.717) is 33.1 Å². The maximum atomic E-state index is 7.06. The first kappa shape index (κ1) is 30.7. The monoisotopic (exact) mass is 650 g/mol. The molecule has 232 valence electrons. The van der Waals surface area contributed by atoms with Gasteiger partial charge in [0.25, 0.3) is 0 Å². The topological polar surface area (TPSA) is 8.17 Å². The third-order valence-electron chi connectivity index (χ3n) is 10.6. The predicted molar refractivity (Wildman–Crippen MR) is 226 cm³/mol. The average Bonchev–Trinajstić information content (AvgIpc) is 3.52. The molecule has 2 nitrogen and oxygen atoms in total. The largest absolute Gasteiger partial charge is 0.310 e. The van der Waals surface area contributed by atoms with Gasteiger partial charge in [-0.25, -0.2) is 0 Å². The molecule has 0 spiro atoms. The molecule has 0 amide bonds. The van der Waals surface area contributed by atoms with Gasteiger partial charge in [-0.2, -0.15) is 0 Å². The van der Waals surface area contributed by atoms with Crippen LogP contribution < -0.4 is 26.8 Å². The lowest BCUT2D eigenvalue weighted by molar-refractivity contribution is 1.21. The van der Waals surface area contributed by atoms with Gasteiger partial charge in [-0.15, -0.1) is 0 Å². The van der Waals surface area contributed by atoms with Gasteiger partial charge in [0.05, 0.1) is 16.7 Å². The Morgan fingerprint density at radius 1 is 0.385 bits per heavy atom. The number of para-hydroxylation sites is 4. The van der Waals surface area contributed by atoms with E-state index in [1.54, 1.807) is 0 Å². The SMILES string of the molecule is [B]c1c([B])c(-n2c3ccccc3c3ccccc32)c([B])c([B])c1-c1ccc2ccc3c(N(c4ccccc4)c4ccccc4)ccc4ccc1c2c43. The van der Waals surface area contributed by atoms with Crippen LogP contribution in [0.4, 0.5) is 17.1 Å². The van der Waals surface area contributed by atoms with Gasteiger partial charge in [0.1, 0.15) is 31.4 Å². The van der Waals surface area contributed by atoms with Crippen LogP contribution in [0.1, 0.15) is 0 Å². The summed E-state index contributed by atoms with van der Waals surface area (Å²) in [5.41, 5.74) is 8.93. The van der Waals surface area contributed by atoms with Crippen molar-refractivity contribution in [3.63, 3.8) is 0 Å². The number of hydrogen-bond acceptors (Lipinski definition) is 1. The molecule has 9 aromatic carbocycles. The molecule has 10 aromatic rings. The predicted octanol–water partition coefficient (Wildman–Crippen LogP) is 7.99. The molecule has 0 aliphatic heterocycles. The number of anilines is 3. The van der Waals surface area contributed by atoms with E-state index in [9.17, 15) is 0 Å². The molecule has 10 rings (SSSR count). The standard InChI is InChI=1S/C46H26B4N2/c47-42-41(43(48)45(50)46(44(42)49)52-36-17-9-7-15-31(36)32-16-8-10-18-37(32)52)34-24-20-27-21-25-35-38(26-22-28-19-23-33(34)39(27)40(28)35)51(29-11-3-1-4-12-29)30-13-5-2-6-14-30/h1-26H. The molecule has 0 aliphatic rings. The molecular weight excluding hydrogens is 624 g/mol. The Bertz CT molecular complexity index is 2890. The fraction of sp³-hybridized carbons (Fsp3) is 0. The molecule has 1 aromatic heterocycles. The van der Waals surface area contributed by atoms with Crippen LogP contribution >= 0.6 is 0 Å². The molecular formula is C46H26B4N2. The number of benzene rings is 9. The molecule has 0 unspecified atom stereocenters. The maximum absolute atomic E-state index is 7.06. The normalized spacial score (nSPS) is 11.8. The minimum atomic E-state index is 0.391. The van der Waals surface area contributed by atoms with Crippen molar-refractivity contribution in [3.8, 4) is 16.8 Å². The zero-order valence-electron chi connectivity index (χ0n) is 28.2. The highest BCUT2D eigenvalue weighted by atomic mass is 15.1. The Kier molecular flexibility index (Phi) is 6.91. The van der Waals surface area contributed by atoms with E-state index in [-0.39, 0.29) is 0 Å². The lowest BCUT2D eigenvalue weighted by Crippen LogP contribution is -2.46. The summed E-state index contributed by atoms with van der Waals surface area (Å²) < 4.78 is 2.09. The maximum Gasteiger partial charge on any atom is 0.115 e. The summed E-state index contributed by atoms with van der Waals surface area (Å²) in [5, 5.41) is 8.95. The van der Waals surface area contributed by atoms with Crippen molar-refractivity contribution in [2.75, 3.05) is 4.90 Å². The summed E-state index contributed by atoms with van der Waals surface area (Å²) in [6, 6.07) is 54.9. The Morgan fingerprint density at radius 2 is 0.846 bits per heavy atom. The number of fused-ring (bicyclic) bond motifs is 3. The van der Waals surface area contributed by atoms with E-state index in [0.717, 1.165) is 71.4 Å². The molecule has 0 saturated heterocycles. The van der Waals surface area contributed by atoms with Gasteiger partial charge in [-0.3, -0.25) is 0 Å². The Labute approximate surface area is 307 Å². The first-order valence-electron chi connectivity index (χ1n) is 17.4. The highest BCUT2D eigenvalue weighted by molar-refractivity contribution is 6.62. The summed E-state index contributed by atoms with van der Waals surface area (Å²) in [6.45, 7) is 0. The van der Waals surface area contributed by atoms with E-state index < -0.39 is 0 Å². The van der Waals surface area contributed by atoms with E-state index >= 15 is 0 Å². The van der Waals surface area contributed by atoms with E-state index in [4.69, 9.17) is 31.4 Å². The molecule has 0 fully saturated rings. The molecule has 0 bridgehead atoms.